The van der Waals surface area contributed by atoms with Gasteiger partial charge in [0.15, 0.2) is 0 Å². The normalized spacial score (nSPS) is 16.4. The van der Waals surface area contributed by atoms with Crippen LogP contribution >= 0.6 is 0 Å². The van der Waals surface area contributed by atoms with Crippen LogP contribution in [0.15, 0.2) is 52.0 Å². The molecule has 1 fully saturated rings. The van der Waals surface area contributed by atoms with Gasteiger partial charge in [-0.05, 0) is 49.2 Å². The zero-order valence-corrected chi connectivity index (χ0v) is 16.8. The van der Waals surface area contributed by atoms with E-state index in [9.17, 15) is 13.2 Å². The second-order valence-electron chi connectivity index (χ2n) is 6.86. The molecule has 2 heterocycles. The molecule has 0 radical (unpaired) electrons. The summed E-state index contributed by atoms with van der Waals surface area (Å²) in [6, 6.07) is 8.70. The van der Waals surface area contributed by atoms with Crippen molar-refractivity contribution in [2.24, 2.45) is 0 Å². The Bertz CT molecular complexity index is 855. The first-order chi connectivity index (χ1) is 13.5. The molecule has 1 atom stereocenters. The lowest BCUT2D eigenvalue weighted by molar-refractivity contribution is -0.131. The monoisotopic (exact) mass is 406 g/mol. The van der Waals surface area contributed by atoms with Crippen LogP contribution in [0.1, 0.15) is 43.9 Å². The second kappa shape index (κ2) is 9.25. The number of amides is 1. The third-order valence-electron chi connectivity index (χ3n) is 4.89. The molecule has 0 aliphatic carbocycles. The van der Waals surface area contributed by atoms with Gasteiger partial charge in [-0.1, -0.05) is 12.8 Å². The molecule has 8 heteroatoms. The lowest BCUT2D eigenvalue weighted by Crippen LogP contribution is -2.37. The fourth-order valence-corrected chi connectivity index (χ4v) is 4.53. The highest BCUT2D eigenvalue weighted by Gasteiger charge is 2.28. The van der Waals surface area contributed by atoms with Gasteiger partial charge in [0.25, 0.3) is 0 Å². The van der Waals surface area contributed by atoms with Crippen LogP contribution in [-0.2, 0) is 14.8 Å². The van der Waals surface area contributed by atoms with Crippen molar-refractivity contribution in [1.29, 1.82) is 0 Å². The highest BCUT2D eigenvalue weighted by atomic mass is 32.2. The lowest BCUT2D eigenvalue weighted by Gasteiger charge is -2.23. The molecule has 0 unspecified atom stereocenters. The van der Waals surface area contributed by atoms with Crippen molar-refractivity contribution in [2.75, 3.05) is 20.2 Å². The zero-order valence-electron chi connectivity index (χ0n) is 16.0. The van der Waals surface area contributed by atoms with E-state index in [1.54, 1.807) is 24.3 Å². The molecule has 0 bridgehead atoms. The summed E-state index contributed by atoms with van der Waals surface area (Å²) in [6.07, 6.45) is 5.69. The van der Waals surface area contributed by atoms with Crippen LogP contribution in [0.5, 0.6) is 5.75 Å². The minimum atomic E-state index is -3.83. The Hall–Kier alpha value is -2.32. The molecule has 28 heavy (non-hydrogen) atoms. The molecule has 1 aromatic carbocycles. The molecule has 0 spiro atoms. The largest absolute Gasteiger partial charge is 0.497 e. The predicted molar refractivity (Wildman–Crippen MR) is 104 cm³/mol. The number of carbonyl (C=O) groups is 1. The number of hydrogen-bond donors (Lipinski definition) is 1. The van der Waals surface area contributed by atoms with Crippen LogP contribution < -0.4 is 9.46 Å². The average Bonchev–Trinajstić information content (AvgIpc) is 3.09. The number of sulfonamides is 1. The summed E-state index contributed by atoms with van der Waals surface area (Å²) in [6.45, 7) is 1.43. The third kappa shape index (κ3) is 5.14. The topological polar surface area (TPSA) is 88.8 Å². The SMILES string of the molecule is COc1ccc(S(=O)(=O)N[C@H](CC(=O)N2CCCCCC2)c2ccco2)cc1. The van der Waals surface area contributed by atoms with Crippen molar-refractivity contribution in [3.8, 4) is 5.75 Å². The quantitative estimate of drug-likeness (QED) is 0.763. The standard InChI is InChI=1S/C20H26N2O5S/c1-26-16-8-10-17(11-9-16)28(24,25)21-18(19-7-6-14-27-19)15-20(23)22-12-4-2-3-5-13-22/h6-11,14,18,21H,2-5,12-13,15H2,1H3/t18-/m1/s1. The number of carbonyl (C=O) groups excluding carboxylic acids is 1. The van der Waals surface area contributed by atoms with Crippen LogP contribution in [0, 0.1) is 0 Å². The molecule has 1 saturated heterocycles. The predicted octanol–water partition coefficient (Wildman–Crippen LogP) is 3.10. The number of likely N-dealkylation sites (tertiary alicyclic amines) is 1. The summed E-state index contributed by atoms with van der Waals surface area (Å²) in [7, 11) is -2.31. The Balaban J connectivity index is 1.77. The van der Waals surface area contributed by atoms with Crippen molar-refractivity contribution in [3.05, 3.63) is 48.4 Å². The van der Waals surface area contributed by atoms with Gasteiger partial charge in [-0.2, -0.15) is 4.72 Å². The summed E-state index contributed by atoms with van der Waals surface area (Å²) in [5.74, 6) is 0.916. The Morgan fingerprint density at radius 2 is 1.82 bits per heavy atom. The Kier molecular flexibility index (Phi) is 6.74. The van der Waals surface area contributed by atoms with E-state index >= 15 is 0 Å². The van der Waals surface area contributed by atoms with Gasteiger partial charge in [-0.25, -0.2) is 8.42 Å². The van der Waals surface area contributed by atoms with Crippen LogP contribution in [0.25, 0.3) is 0 Å². The Morgan fingerprint density at radius 1 is 1.14 bits per heavy atom. The Labute approximate surface area is 165 Å². The van der Waals surface area contributed by atoms with Gasteiger partial charge in [0.05, 0.1) is 30.7 Å². The maximum Gasteiger partial charge on any atom is 0.241 e. The number of ether oxygens (including phenoxy) is 1. The van der Waals surface area contributed by atoms with E-state index in [0.717, 1.165) is 38.8 Å². The first kappa shape index (κ1) is 20.4. The van der Waals surface area contributed by atoms with Crippen LogP contribution in [0.3, 0.4) is 0 Å². The van der Waals surface area contributed by atoms with Crippen LogP contribution in [0.4, 0.5) is 0 Å². The van der Waals surface area contributed by atoms with E-state index in [1.807, 2.05) is 4.90 Å². The molecular weight excluding hydrogens is 380 g/mol. The molecule has 152 valence electrons. The van der Waals surface area contributed by atoms with Gasteiger partial charge in [0.2, 0.25) is 15.9 Å². The van der Waals surface area contributed by atoms with Gasteiger partial charge in [-0.3, -0.25) is 4.79 Å². The summed E-state index contributed by atoms with van der Waals surface area (Å²) < 4.78 is 38.8. The number of nitrogens with zero attached hydrogens (tertiary/aromatic N) is 1. The minimum Gasteiger partial charge on any atom is -0.497 e. The summed E-state index contributed by atoms with van der Waals surface area (Å²) in [4.78, 5) is 14.7. The molecule has 1 amide bonds. The molecule has 1 aromatic heterocycles. The van der Waals surface area contributed by atoms with Gasteiger partial charge in [-0.15, -0.1) is 0 Å². The van der Waals surface area contributed by atoms with Crippen molar-refractivity contribution in [3.63, 3.8) is 0 Å². The van der Waals surface area contributed by atoms with E-state index in [4.69, 9.17) is 9.15 Å². The number of furan rings is 1. The summed E-state index contributed by atoms with van der Waals surface area (Å²) in [5, 5.41) is 0. The lowest BCUT2D eigenvalue weighted by atomic mass is 10.1. The fraction of sp³-hybridized carbons (Fsp3) is 0.450. The van der Waals surface area contributed by atoms with Crippen molar-refractivity contribution < 1.29 is 22.4 Å². The number of nitrogens with one attached hydrogen (secondary N) is 1. The average molecular weight is 407 g/mol. The number of methoxy groups -OCH3 is 1. The second-order valence-corrected chi connectivity index (χ2v) is 8.58. The Morgan fingerprint density at radius 3 is 2.39 bits per heavy atom. The molecular formula is C20H26N2O5S. The maximum atomic E-state index is 12.8. The molecule has 1 N–H and O–H groups in total. The third-order valence-corrected chi connectivity index (χ3v) is 6.38. The highest BCUT2D eigenvalue weighted by molar-refractivity contribution is 7.89. The molecule has 2 aromatic rings. The van der Waals surface area contributed by atoms with Crippen molar-refractivity contribution in [1.82, 2.24) is 9.62 Å². The zero-order chi connectivity index (χ0) is 20.0. The van der Waals surface area contributed by atoms with Crippen LogP contribution in [0.2, 0.25) is 0 Å². The van der Waals surface area contributed by atoms with Gasteiger partial charge >= 0.3 is 0 Å². The summed E-state index contributed by atoms with van der Waals surface area (Å²) >= 11 is 0. The number of benzene rings is 1. The van der Waals surface area contributed by atoms with Gasteiger partial charge in [0, 0.05) is 13.1 Å². The van der Waals surface area contributed by atoms with Gasteiger partial charge < -0.3 is 14.1 Å². The summed E-state index contributed by atoms with van der Waals surface area (Å²) in [5.41, 5.74) is 0. The molecule has 1 aliphatic rings. The van der Waals surface area contributed by atoms with E-state index < -0.39 is 16.1 Å². The van der Waals surface area contributed by atoms with Crippen LogP contribution in [-0.4, -0.2) is 39.4 Å². The highest BCUT2D eigenvalue weighted by Crippen LogP contribution is 2.24. The maximum absolute atomic E-state index is 12.8. The van der Waals surface area contributed by atoms with E-state index in [0.29, 0.717) is 11.5 Å². The minimum absolute atomic E-state index is 0.0168. The smallest absolute Gasteiger partial charge is 0.241 e. The molecule has 7 nitrogen and oxygen atoms in total. The molecule has 1 aliphatic heterocycles. The van der Waals surface area contributed by atoms with E-state index in [1.165, 1.54) is 25.5 Å². The first-order valence-electron chi connectivity index (χ1n) is 9.47. The van der Waals surface area contributed by atoms with Crippen molar-refractivity contribution in [2.45, 2.75) is 43.0 Å². The van der Waals surface area contributed by atoms with Gasteiger partial charge in [0.1, 0.15) is 11.5 Å². The number of hydrogen-bond acceptors (Lipinski definition) is 5. The fourth-order valence-electron chi connectivity index (χ4n) is 3.32. The molecule has 0 saturated carbocycles. The van der Waals surface area contributed by atoms with Crippen molar-refractivity contribution >= 4 is 15.9 Å². The first-order valence-corrected chi connectivity index (χ1v) is 11.0. The van der Waals surface area contributed by atoms with E-state index in [2.05, 4.69) is 4.72 Å². The van der Waals surface area contributed by atoms with E-state index in [-0.39, 0.29) is 17.2 Å². The number of rotatable bonds is 7. The molecule has 3 rings (SSSR count).